The predicted molar refractivity (Wildman–Crippen MR) is 67.1 cm³/mol. The maximum absolute atomic E-state index is 11.3. The Labute approximate surface area is 110 Å². The second-order valence-electron chi connectivity index (χ2n) is 4.03. The second-order valence-corrected chi connectivity index (χ2v) is 4.03. The van der Waals surface area contributed by atoms with E-state index in [1.54, 1.807) is 4.90 Å². The second kappa shape index (κ2) is 5.61. The summed E-state index contributed by atoms with van der Waals surface area (Å²) in [5, 5.41) is 2.22. The standard InChI is InChI=1S/C11H15N5O3/c1-2-19-6-8-13-7(12)3-9(14-8)16-4-10(17)15-11(18)5-16/h3H,2,4-6H2,1H3,(H2,12,13,14)(H,15,17,18). The van der Waals surface area contributed by atoms with Crippen LogP contribution in [-0.2, 0) is 20.9 Å². The van der Waals surface area contributed by atoms with Crippen molar-refractivity contribution in [2.24, 2.45) is 0 Å². The molecule has 0 aromatic carbocycles. The topological polar surface area (TPSA) is 110 Å². The van der Waals surface area contributed by atoms with Crippen molar-refractivity contribution >= 4 is 23.5 Å². The van der Waals surface area contributed by atoms with Crippen molar-refractivity contribution in [3.05, 3.63) is 11.9 Å². The molecule has 1 aromatic heterocycles. The van der Waals surface area contributed by atoms with Gasteiger partial charge in [0.05, 0.1) is 13.1 Å². The molecule has 0 atom stereocenters. The number of rotatable bonds is 4. The number of nitrogens with one attached hydrogen (secondary N) is 1. The lowest BCUT2D eigenvalue weighted by molar-refractivity contribution is -0.130. The molecule has 0 radical (unpaired) electrons. The van der Waals surface area contributed by atoms with Crippen molar-refractivity contribution in [3.63, 3.8) is 0 Å². The molecule has 8 nitrogen and oxygen atoms in total. The summed E-state index contributed by atoms with van der Waals surface area (Å²) in [5.74, 6) is 0.429. The van der Waals surface area contributed by atoms with Crippen LogP contribution >= 0.6 is 0 Å². The molecule has 2 amide bonds. The quantitative estimate of drug-likeness (QED) is 0.676. The number of piperazine rings is 1. The number of imide groups is 1. The van der Waals surface area contributed by atoms with E-state index < -0.39 is 0 Å². The van der Waals surface area contributed by atoms with E-state index in [-0.39, 0.29) is 37.3 Å². The van der Waals surface area contributed by atoms with Crippen LogP contribution in [0.5, 0.6) is 0 Å². The number of nitrogens with two attached hydrogens (primary N) is 1. The fourth-order valence-electron chi connectivity index (χ4n) is 1.72. The van der Waals surface area contributed by atoms with Crippen LogP contribution in [0.2, 0.25) is 0 Å². The molecule has 0 saturated carbocycles. The minimum atomic E-state index is -0.361. The highest BCUT2D eigenvalue weighted by atomic mass is 16.5. The molecule has 0 spiro atoms. The number of anilines is 2. The Kier molecular flexibility index (Phi) is 3.91. The van der Waals surface area contributed by atoms with E-state index in [9.17, 15) is 9.59 Å². The summed E-state index contributed by atoms with van der Waals surface area (Å²) < 4.78 is 5.21. The molecule has 102 valence electrons. The molecule has 2 rings (SSSR count). The molecular weight excluding hydrogens is 250 g/mol. The molecule has 3 N–H and O–H groups in total. The molecule has 8 heteroatoms. The first-order chi connectivity index (χ1) is 9.08. The Morgan fingerprint density at radius 2 is 2.05 bits per heavy atom. The number of amides is 2. The maximum Gasteiger partial charge on any atom is 0.246 e. The van der Waals surface area contributed by atoms with Gasteiger partial charge >= 0.3 is 0 Å². The van der Waals surface area contributed by atoms with Crippen LogP contribution in [0.15, 0.2) is 6.07 Å². The average molecular weight is 265 g/mol. The maximum atomic E-state index is 11.3. The molecule has 1 aliphatic heterocycles. The summed E-state index contributed by atoms with van der Waals surface area (Å²) in [5.41, 5.74) is 5.69. The molecular formula is C11H15N5O3. The van der Waals surface area contributed by atoms with Crippen molar-refractivity contribution in [2.75, 3.05) is 30.3 Å². The van der Waals surface area contributed by atoms with Gasteiger partial charge in [-0.25, -0.2) is 9.97 Å². The number of nitrogens with zero attached hydrogens (tertiary/aromatic N) is 3. The SMILES string of the molecule is CCOCc1nc(N)cc(N2CC(=O)NC(=O)C2)n1. The van der Waals surface area contributed by atoms with E-state index in [1.165, 1.54) is 6.07 Å². The van der Waals surface area contributed by atoms with E-state index in [4.69, 9.17) is 10.5 Å². The van der Waals surface area contributed by atoms with E-state index >= 15 is 0 Å². The Hall–Kier alpha value is -2.22. The number of nitrogen functional groups attached to an aromatic ring is 1. The van der Waals surface area contributed by atoms with E-state index in [0.29, 0.717) is 18.2 Å². The highest BCUT2D eigenvalue weighted by Gasteiger charge is 2.24. The van der Waals surface area contributed by atoms with E-state index in [0.717, 1.165) is 0 Å². The fraction of sp³-hybridized carbons (Fsp3) is 0.455. The van der Waals surface area contributed by atoms with Gasteiger partial charge in [0.25, 0.3) is 0 Å². The van der Waals surface area contributed by atoms with Crippen molar-refractivity contribution in [1.82, 2.24) is 15.3 Å². The number of carbonyl (C=O) groups is 2. The van der Waals surface area contributed by atoms with E-state index in [1.807, 2.05) is 6.92 Å². The number of hydrogen-bond donors (Lipinski definition) is 2. The number of aromatic nitrogens is 2. The highest BCUT2D eigenvalue weighted by molar-refractivity contribution is 6.02. The van der Waals surface area contributed by atoms with Crippen molar-refractivity contribution in [1.29, 1.82) is 0 Å². The van der Waals surface area contributed by atoms with Crippen LogP contribution < -0.4 is 16.0 Å². The zero-order valence-corrected chi connectivity index (χ0v) is 10.5. The lowest BCUT2D eigenvalue weighted by Gasteiger charge is -2.26. The Bertz CT molecular complexity index is 489. The fourth-order valence-corrected chi connectivity index (χ4v) is 1.72. The smallest absolute Gasteiger partial charge is 0.246 e. The normalized spacial score (nSPS) is 15.5. The number of carbonyl (C=O) groups excluding carboxylic acids is 2. The molecule has 1 aromatic rings. The van der Waals surface area contributed by atoms with Gasteiger partial charge in [0.15, 0.2) is 5.82 Å². The first-order valence-corrected chi connectivity index (χ1v) is 5.87. The van der Waals surface area contributed by atoms with Gasteiger partial charge in [-0.1, -0.05) is 0 Å². The first-order valence-electron chi connectivity index (χ1n) is 5.87. The number of ether oxygens (including phenoxy) is 1. The monoisotopic (exact) mass is 265 g/mol. The zero-order valence-electron chi connectivity index (χ0n) is 10.5. The molecule has 1 fully saturated rings. The Balaban J connectivity index is 2.21. The number of hydrogen-bond acceptors (Lipinski definition) is 7. The third-order valence-electron chi connectivity index (χ3n) is 2.49. The largest absolute Gasteiger partial charge is 0.384 e. The van der Waals surface area contributed by atoms with Crippen molar-refractivity contribution < 1.29 is 14.3 Å². The van der Waals surface area contributed by atoms with Gasteiger partial charge in [-0.2, -0.15) is 0 Å². The lowest BCUT2D eigenvalue weighted by atomic mass is 10.3. The molecule has 0 unspecified atom stereocenters. The highest BCUT2D eigenvalue weighted by Crippen LogP contribution is 2.15. The van der Waals surface area contributed by atoms with Crippen LogP contribution in [0.25, 0.3) is 0 Å². The molecule has 1 saturated heterocycles. The zero-order chi connectivity index (χ0) is 13.8. The van der Waals surface area contributed by atoms with Crippen molar-refractivity contribution in [2.45, 2.75) is 13.5 Å². The molecule has 2 heterocycles. The molecule has 1 aliphatic rings. The van der Waals surface area contributed by atoms with Gasteiger partial charge < -0.3 is 15.4 Å². The minimum absolute atomic E-state index is 0.0657. The van der Waals surface area contributed by atoms with Gasteiger partial charge in [-0.15, -0.1) is 0 Å². The van der Waals surface area contributed by atoms with Crippen LogP contribution in [0.1, 0.15) is 12.7 Å². The van der Waals surface area contributed by atoms with Crippen LogP contribution in [0.3, 0.4) is 0 Å². The lowest BCUT2D eigenvalue weighted by Crippen LogP contribution is -2.51. The van der Waals surface area contributed by atoms with Crippen LogP contribution in [0, 0.1) is 0 Å². The Morgan fingerprint density at radius 3 is 2.68 bits per heavy atom. The summed E-state index contributed by atoms with van der Waals surface area (Å²) in [6.07, 6.45) is 0. The summed E-state index contributed by atoms with van der Waals surface area (Å²) in [4.78, 5) is 32.5. The summed E-state index contributed by atoms with van der Waals surface area (Å²) in [6, 6.07) is 1.53. The predicted octanol–water partition coefficient (Wildman–Crippen LogP) is -0.942. The third-order valence-corrected chi connectivity index (χ3v) is 2.49. The van der Waals surface area contributed by atoms with Gasteiger partial charge in [0.2, 0.25) is 11.8 Å². The molecule has 0 bridgehead atoms. The van der Waals surface area contributed by atoms with Crippen LogP contribution in [0.4, 0.5) is 11.6 Å². The van der Waals surface area contributed by atoms with Gasteiger partial charge in [-0.3, -0.25) is 14.9 Å². The average Bonchev–Trinajstić information content (AvgIpc) is 2.34. The van der Waals surface area contributed by atoms with Gasteiger partial charge in [0, 0.05) is 12.7 Å². The summed E-state index contributed by atoms with van der Waals surface area (Å²) in [6.45, 7) is 2.77. The van der Waals surface area contributed by atoms with Gasteiger partial charge in [0.1, 0.15) is 18.2 Å². The molecule has 0 aliphatic carbocycles. The van der Waals surface area contributed by atoms with Crippen LogP contribution in [-0.4, -0.2) is 41.5 Å². The summed E-state index contributed by atoms with van der Waals surface area (Å²) >= 11 is 0. The van der Waals surface area contributed by atoms with E-state index in [2.05, 4.69) is 15.3 Å². The van der Waals surface area contributed by atoms with Crippen molar-refractivity contribution in [3.8, 4) is 0 Å². The minimum Gasteiger partial charge on any atom is -0.384 e. The first kappa shape index (κ1) is 13.2. The Morgan fingerprint density at radius 1 is 1.37 bits per heavy atom. The molecule has 19 heavy (non-hydrogen) atoms. The van der Waals surface area contributed by atoms with Gasteiger partial charge in [-0.05, 0) is 6.92 Å². The third kappa shape index (κ3) is 3.38. The summed E-state index contributed by atoms with van der Waals surface area (Å²) in [7, 11) is 0.